The van der Waals surface area contributed by atoms with Crippen molar-refractivity contribution in [3.63, 3.8) is 0 Å². The molecule has 0 unspecified atom stereocenters. The van der Waals surface area contributed by atoms with Gasteiger partial charge in [-0.2, -0.15) is 0 Å². The van der Waals surface area contributed by atoms with E-state index in [1.807, 2.05) is 0 Å². The van der Waals surface area contributed by atoms with Crippen LogP contribution in [-0.4, -0.2) is 30.0 Å². The molecular weight excluding hydrogens is 300 g/mol. The van der Waals surface area contributed by atoms with E-state index in [9.17, 15) is 9.59 Å². The van der Waals surface area contributed by atoms with Gasteiger partial charge in [-0.1, -0.05) is 31.1 Å². The summed E-state index contributed by atoms with van der Waals surface area (Å²) in [5.41, 5.74) is 0.641. The van der Waals surface area contributed by atoms with E-state index in [0.29, 0.717) is 28.9 Å². The van der Waals surface area contributed by atoms with Crippen LogP contribution < -0.4 is 4.90 Å². The molecule has 122 valence electrons. The summed E-state index contributed by atoms with van der Waals surface area (Å²) in [4.78, 5) is 31.1. The lowest BCUT2D eigenvalue weighted by atomic mass is 10.2. The monoisotopic (exact) mass is 324 g/mol. The lowest BCUT2D eigenvalue weighted by Gasteiger charge is -2.19. The molecule has 6 heteroatoms. The minimum absolute atomic E-state index is 0.150. The quantitative estimate of drug-likeness (QED) is 0.542. The van der Waals surface area contributed by atoms with E-state index in [2.05, 4.69) is 11.9 Å². The van der Waals surface area contributed by atoms with E-state index in [1.54, 1.807) is 18.7 Å². The molecule has 22 heavy (non-hydrogen) atoms. The van der Waals surface area contributed by atoms with Gasteiger partial charge in [0.25, 0.3) is 0 Å². The third kappa shape index (κ3) is 4.06. The Morgan fingerprint density at radius 1 is 1.32 bits per heavy atom. The summed E-state index contributed by atoms with van der Waals surface area (Å²) >= 11 is 1.27. The number of nitrogens with zero attached hydrogens (tertiary/aromatic N) is 2. The van der Waals surface area contributed by atoms with Crippen molar-refractivity contribution in [1.29, 1.82) is 0 Å². The number of hydrogen-bond donors (Lipinski definition) is 0. The average Bonchev–Trinajstić information content (AvgIpc) is 3.26. The first-order valence-corrected chi connectivity index (χ1v) is 8.86. The second kappa shape index (κ2) is 7.72. The number of carbonyl (C=O) groups is 2. The molecule has 2 rings (SSSR count). The molecule has 1 heterocycles. The van der Waals surface area contributed by atoms with Gasteiger partial charge in [-0.3, -0.25) is 9.69 Å². The molecule has 1 aliphatic carbocycles. The van der Waals surface area contributed by atoms with E-state index in [4.69, 9.17) is 4.74 Å². The molecule has 1 saturated carbocycles. The first-order valence-electron chi connectivity index (χ1n) is 8.04. The van der Waals surface area contributed by atoms with Crippen LogP contribution in [0.3, 0.4) is 0 Å². The van der Waals surface area contributed by atoms with Crippen LogP contribution in [0.15, 0.2) is 0 Å². The minimum atomic E-state index is -0.351. The third-order valence-corrected chi connectivity index (χ3v) is 4.82. The fourth-order valence-corrected chi connectivity index (χ4v) is 3.25. The normalized spacial score (nSPS) is 14.0. The Bertz CT molecular complexity index is 537. The van der Waals surface area contributed by atoms with Gasteiger partial charge < -0.3 is 4.74 Å². The van der Waals surface area contributed by atoms with Crippen LogP contribution in [-0.2, 0) is 9.53 Å². The number of amides is 1. The Balaban J connectivity index is 2.17. The van der Waals surface area contributed by atoms with Crippen LogP contribution in [0.25, 0.3) is 0 Å². The molecule has 1 aromatic rings. The van der Waals surface area contributed by atoms with Gasteiger partial charge in [0.1, 0.15) is 4.88 Å². The van der Waals surface area contributed by atoms with Crippen LogP contribution in [0.1, 0.15) is 61.3 Å². The number of aromatic nitrogens is 1. The van der Waals surface area contributed by atoms with E-state index in [-0.39, 0.29) is 17.8 Å². The molecule has 1 fully saturated rings. The zero-order chi connectivity index (χ0) is 16.1. The largest absolute Gasteiger partial charge is 0.462 e. The Kier molecular flexibility index (Phi) is 5.94. The molecule has 0 saturated heterocycles. The standard InChI is InChI=1S/C16H24N2O3S/c1-4-6-7-10-18(14(19)12-8-9-12)16-17-11(3)13(22-16)15(20)21-5-2/h12H,4-10H2,1-3H3. The molecule has 0 aliphatic heterocycles. The maximum absolute atomic E-state index is 12.5. The van der Waals surface area contributed by atoms with Gasteiger partial charge in [-0.25, -0.2) is 9.78 Å². The number of aryl methyl sites for hydroxylation is 1. The van der Waals surface area contributed by atoms with E-state index in [1.165, 1.54) is 11.3 Å². The summed E-state index contributed by atoms with van der Waals surface area (Å²) in [6, 6.07) is 0. The molecule has 0 aromatic carbocycles. The van der Waals surface area contributed by atoms with Crippen LogP contribution >= 0.6 is 11.3 Å². The van der Waals surface area contributed by atoms with Crippen molar-refractivity contribution in [2.24, 2.45) is 5.92 Å². The van der Waals surface area contributed by atoms with Gasteiger partial charge in [-0.15, -0.1) is 0 Å². The van der Waals surface area contributed by atoms with Crippen molar-refractivity contribution in [2.75, 3.05) is 18.1 Å². The summed E-state index contributed by atoms with van der Waals surface area (Å²) in [5.74, 6) is -0.0479. The SMILES string of the molecule is CCCCCN(C(=O)C1CC1)c1nc(C)c(C(=O)OCC)s1. The van der Waals surface area contributed by atoms with Crippen LogP contribution in [0.4, 0.5) is 5.13 Å². The van der Waals surface area contributed by atoms with E-state index >= 15 is 0 Å². The van der Waals surface area contributed by atoms with Gasteiger partial charge in [0.05, 0.1) is 12.3 Å². The predicted molar refractivity (Wildman–Crippen MR) is 87.4 cm³/mol. The van der Waals surface area contributed by atoms with Gasteiger partial charge in [0, 0.05) is 12.5 Å². The smallest absolute Gasteiger partial charge is 0.350 e. The highest BCUT2D eigenvalue weighted by atomic mass is 32.1. The van der Waals surface area contributed by atoms with Gasteiger partial charge >= 0.3 is 5.97 Å². The molecule has 5 nitrogen and oxygen atoms in total. The average molecular weight is 324 g/mol. The molecule has 0 spiro atoms. The molecular formula is C16H24N2O3S. The zero-order valence-corrected chi connectivity index (χ0v) is 14.4. The zero-order valence-electron chi connectivity index (χ0n) is 13.6. The number of rotatable bonds is 8. The van der Waals surface area contributed by atoms with Crippen LogP contribution in [0.2, 0.25) is 0 Å². The Morgan fingerprint density at radius 2 is 2.05 bits per heavy atom. The van der Waals surface area contributed by atoms with Gasteiger partial charge in [0.2, 0.25) is 5.91 Å². The second-order valence-electron chi connectivity index (χ2n) is 5.60. The van der Waals surface area contributed by atoms with Crippen molar-refractivity contribution < 1.29 is 14.3 Å². The van der Waals surface area contributed by atoms with Gasteiger partial charge in [-0.05, 0) is 33.1 Å². The summed E-state index contributed by atoms with van der Waals surface area (Å²) in [6.07, 6.45) is 5.10. The minimum Gasteiger partial charge on any atom is -0.462 e. The maximum atomic E-state index is 12.5. The predicted octanol–water partition coefficient (Wildman–Crippen LogP) is 3.56. The highest BCUT2D eigenvalue weighted by molar-refractivity contribution is 7.17. The van der Waals surface area contributed by atoms with Crippen LogP contribution in [0.5, 0.6) is 0 Å². The summed E-state index contributed by atoms with van der Waals surface area (Å²) in [7, 11) is 0. The van der Waals surface area contributed by atoms with E-state index in [0.717, 1.165) is 32.1 Å². The first kappa shape index (κ1) is 16.9. The van der Waals surface area contributed by atoms with Crippen molar-refractivity contribution >= 4 is 28.3 Å². The maximum Gasteiger partial charge on any atom is 0.350 e. The molecule has 1 amide bonds. The lowest BCUT2D eigenvalue weighted by molar-refractivity contribution is -0.119. The molecule has 0 atom stereocenters. The third-order valence-electron chi connectivity index (χ3n) is 3.65. The molecule has 1 aliphatic rings. The van der Waals surface area contributed by atoms with E-state index < -0.39 is 0 Å². The highest BCUT2D eigenvalue weighted by Crippen LogP contribution is 2.35. The van der Waals surface area contributed by atoms with Crippen molar-refractivity contribution in [3.8, 4) is 0 Å². The molecule has 0 bridgehead atoms. The molecule has 0 radical (unpaired) electrons. The number of unbranched alkanes of at least 4 members (excludes halogenated alkanes) is 2. The van der Waals surface area contributed by atoms with Crippen molar-refractivity contribution in [2.45, 2.75) is 52.9 Å². The summed E-state index contributed by atoms with van der Waals surface area (Å²) < 4.78 is 5.05. The fraction of sp³-hybridized carbons (Fsp3) is 0.688. The summed E-state index contributed by atoms with van der Waals surface area (Å²) in [5, 5.41) is 0.633. The topological polar surface area (TPSA) is 59.5 Å². The Morgan fingerprint density at radius 3 is 2.64 bits per heavy atom. The number of ether oxygens (including phenoxy) is 1. The lowest BCUT2D eigenvalue weighted by Crippen LogP contribution is -2.33. The Hall–Kier alpha value is -1.43. The molecule has 0 N–H and O–H groups in total. The number of thiazole rings is 1. The Labute approximate surface area is 135 Å². The number of carbonyl (C=O) groups excluding carboxylic acids is 2. The highest BCUT2D eigenvalue weighted by Gasteiger charge is 2.35. The second-order valence-corrected chi connectivity index (χ2v) is 6.58. The number of anilines is 1. The van der Waals surface area contributed by atoms with Gasteiger partial charge in [0.15, 0.2) is 5.13 Å². The molecule has 1 aromatic heterocycles. The van der Waals surface area contributed by atoms with Crippen molar-refractivity contribution in [3.05, 3.63) is 10.6 Å². The number of esters is 1. The van der Waals surface area contributed by atoms with Crippen molar-refractivity contribution in [1.82, 2.24) is 4.98 Å². The number of hydrogen-bond acceptors (Lipinski definition) is 5. The first-order chi connectivity index (χ1) is 10.6. The summed E-state index contributed by atoms with van der Waals surface area (Å²) in [6.45, 7) is 6.73. The fourth-order valence-electron chi connectivity index (χ4n) is 2.25. The van der Waals surface area contributed by atoms with Crippen LogP contribution in [0, 0.1) is 12.8 Å².